The minimum atomic E-state index is -4.82. The number of aliphatic hydroxyl groups excluding tert-OH is 1. The lowest BCUT2D eigenvalue weighted by atomic mass is 9.57. The molecule has 4 rings (SSSR count). The number of carbonyl (C=O) groups excluding carboxylic acids is 1. The number of alkyl halides is 3. The summed E-state index contributed by atoms with van der Waals surface area (Å²) in [4.78, 5) is 14.7. The van der Waals surface area contributed by atoms with Crippen LogP contribution < -0.4 is 5.32 Å². The second kappa shape index (κ2) is 9.43. The van der Waals surface area contributed by atoms with Crippen LogP contribution in [0.5, 0.6) is 5.75 Å². The van der Waals surface area contributed by atoms with Gasteiger partial charge in [-0.25, -0.2) is 0 Å². The number of halogens is 3. The van der Waals surface area contributed by atoms with E-state index in [0.29, 0.717) is 25.8 Å². The van der Waals surface area contributed by atoms with E-state index < -0.39 is 35.3 Å². The van der Waals surface area contributed by atoms with E-state index in [0.717, 1.165) is 18.1 Å². The number of hydrogen-bond acceptors (Lipinski definition) is 4. The lowest BCUT2D eigenvalue weighted by Crippen LogP contribution is -2.63. The Bertz CT molecular complexity index is 1060. The van der Waals surface area contributed by atoms with Crippen LogP contribution in [0.25, 0.3) is 6.08 Å². The molecule has 2 fully saturated rings. The standard InChI is InChI=1S/C26H29F3N2O3/c1-31-16-21-22(33)11-6-12-25(21,18-9-5-10-19(32)14-18)15-23(31)30-24(34)20(26(27,28)29)13-17-7-3-2-4-8-17/h2-5,7-10,13-14,21-23,32-33H,6,11-12,15-16H2,1H3,(H,30,34)/t21?,22?,23-,25-/m0/s1. The number of benzene rings is 2. The smallest absolute Gasteiger partial charge is 0.421 e. The van der Waals surface area contributed by atoms with Gasteiger partial charge in [0, 0.05) is 17.9 Å². The molecule has 0 aromatic heterocycles. The van der Waals surface area contributed by atoms with Gasteiger partial charge in [-0.3, -0.25) is 9.69 Å². The van der Waals surface area contributed by atoms with E-state index in [1.807, 2.05) is 6.07 Å². The zero-order valence-corrected chi connectivity index (χ0v) is 18.9. The summed E-state index contributed by atoms with van der Waals surface area (Å²) < 4.78 is 41.4. The number of hydrogen-bond donors (Lipinski definition) is 3. The van der Waals surface area contributed by atoms with Gasteiger partial charge in [0.2, 0.25) is 0 Å². The highest BCUT2D eigenvalue weighted by atomic mass is 19.4. The summed E-state index contributed by atoms with van der Waals surface area (Å²) in [7, 11) is 1.74. The SMILES string of the molecule is CN1CC2C(O)CCC[C@@]2(c2cccc(O)c2)C[C@H]1NC(=O)C(=Cc1ccccc1)C(F)(F)F. The highest BCUT2D eigenvalue weighted by Crippen LogP contribution is 2.50. The van der Waals surface area contributed by atoms with Crippen LogP contribution in [-0.2, 0) is 10.2 Å². The van der Waals surface area contributed by atoms with Crippen molar-refractivity contribution in [1.29, 1.82) is 0 Å². The Morgan fingerprint density at radius 3 is 2.59 bits per heavy atom. The summed E-state index contributed by atoms with van der Waals surface area (Å²) in [6, 6.07) is 14.8. The summed E-state index contributed by atoms with van der Waals surface area (Å²) in [6.45, 7) is 0.408. The van der Waals surface area contributed by atoms with Crippen LogP contribution in [0.3, 0.4) is 0 Å². The van der Waals surface area contributed by atoms with Gasteiger partial charge >= 0.3 is 6.18 Å². The average Bonchev–Trinajstić information content (AvgIpc) is 2.78. The van der Waals surface area contributed by atoms with Gasteiger partial charge in [0.05, 0.1) is 12.3 Å². The number of carbonyl (C=O) groups is 1. The number of aromatic hydroxyl groups is 1. The highest BCUT2D eigenvalue weighted by molar-refractivity contribution is 5.99. The van der Waals surface area contributed by atoms with Crippen molar-refractivity contribution in [2.24, 2.45) is 5.92 Å². The Balaban J connectivity index is 1.65. The number of phenols is 1. The molecule has 2 aliphatic rings. The zero-order chi connectivity index (χ0) is 24.5. The van der Waals surface area contributed by atoms with Crippen molar-refractivity contribution < 1.29 is 28.2 Å². The largest absolute Gasteiger partial charge is 0.508 e. The summed E-state index contributed by atoms with van der Waals surface area (Å²) in [5.41, 5.74) is -0.708. The lowest BCUT2D eigenvalue weighted by Gasteiger charge is -2.55. The van der Waals surface area contributed by atoms with E-state index in [2.05, 4.69) is 5.32 Å². The fourth-order valence-electron chi connectivity index (χ4n) is 5.54. The van der Waals surface area contributed by atoms with Crippen molar-refractivity contribution in [2.75, 3.05) is 13.6 Å². The fraction of sp³-hybridized carbons (Fsp3) is 0.423. The maximum atomic E-state index is 13.8. The number of aliphatic hydroxyl groups is 1. The minimum Gasteiger partial charge on any atom is -0.508 e. The van der Waals surface area contributed by atoms with Gasteiger partial charge in [0.15, 0.2) is 0 Å². The normalized spacial score (nSPS) is 28.3. The molecule has 0 spiro atoms. The predicted octanol–water partition coefficient (Wildman–Crippen LogP) is 4.21. The van der Waals surface area contributed by atoms with E-state index in [1.165, 1.54) is 12.1 Å². The average molecular weight is 475 g/mol. The number of likely N-dealkylation sites (tertiary alicyclic amines) is 1. The van der Waals surface area contributed by atoms with Gasteiger partial charge < -0.3 is 15.5 Å². The van der Waals surface area contributed by atoms with Crippen LogP contribution >= 0.6 is 0 Å². The van der Waals surface area contributed by atoms with Crippen LogP contribution in [0.15, 0.2) is 60.2 Å². The first-order chi connectivity index (χ1) is 16.1. The molecule has 0 bridgehead atoms. The molecule has 1 saturated carbocycles. The van der Waals surface area contributed by atoms with E-state index >= 15 is 0 Å². The maximum Gasteiger partial charge on any atom is 0.421 e. The summed E-state index contributed by atoms with van der Waals surface area (Å²) in [6.07, 6.45) is -2.76. The van der Waals surface area contributed by atoms with Gasteiger partial charge in [-0.05, 0) is 62.1 Å². The molecule has 1 heterocycles. The van der Waals surface area contributed by atoms with Crippen molar-refractivity contribution in [3.8, 4) is 5.75 Å². The van der Waals surface area contributed by atoms with Crippen LogP contribution in [0.1, 0.15) is 36.8 Å². The van der Waals surface area contributed by atoms with E-state index in [-0.39, 0.29) is 17.2 Å². The predicted molar refractivity (Wildman–Crippen MR) is 123 cm³/mol. The first-order valence-electron chi connectivity index (χ1n) is 11.4. The molecule has 1 aliphatic carbocycles. The van der Waals surface area contributed by atoms with Crippen LogP contribution in [0.2, 0.25) is 0 Å². The van der Waals surface area contributed by atoms with Gasteiger partial charge in [-0.15, -0.1) is 0 Å². The van der Waals surface area contributed by atoms with Crippen LogP contribution in [0.4, 0.5) is 13.2 Å². The second-order valence-electron chi connectivity index (χ2n) is 9.37. The molecular formula is C26H29F3N2O3. The number of fused-ring (bicyclic) bond motifs is 1. The summed E-state index contributed by atoms with van der Waals surface area (Å²) in [5, 5.41) is 23.5. The molecule has 4 atom stereocenters. The Labute approximate surface area is 196 Å². The number of amides is 1. The molecule has 8 heteroatoms. The van der Waals surface area contributed by atoms with E-state index in [1.54, 1.807) is 48.3 Å². The molecule has 182 valence electrons. The van der Waals surface area contributed by atoms with Gasteiger partial charge in [-0.2, -0.15) is 13.2 Å². The number of rotatable bonds is 4. The molecular weight excluding hydrogens is 445 g/mol. The molecule has 3 N–H and O–H groups in total. The maximum absolute atomic E-state index is 13.8. The van der Waals surface area contributed by atoms with Crippen LogP contribution in [-0.4, -0.2) is 53.1 Å². The fourth-order valence-corrected chi connectivity index (χ4v) is 5.54. The van der Waals surface area contributed by atoms with E-state index in [9.17, 15) is 28.2 Å². The third kappa shape index (κ3) is 4.83. The quantitative estimate of drug-likeness (QED) is 0.581. The molecule has 1 aliphatic heterocycles. The van der Waals surface area contributed by atoms with Crippen molar-refractivity contribution in [1.82, 2.24) is 10.2 Å². The summed E-state index contributed by atoms with van der Waals surface area (Å²) in [5.74, 6) is -1.26. The molecule has 2 aromatic rings. The lowest BCUT2D eigenvalue weighted by molar-refractivity contribution is -0.133. The van der Waals surface area contributed by atoms with Gasteiger partial charge in [-0.1, -0.05) is 42.5 Å². The highest BCUT2D eigenvalue weighted by Gasteiger charge is 2.52. The van der Waals surface area contributed by atoms with Gasteiger partial charge in [0.1, 0.15) is 11.3 Å². The van der Waals surface area contributed by atoms with Crippen molar-refractivity contribution in [2.45, 2.75) is 49.5 Å². The number of phenolic OH excluding ortho intramolecular Hbond substituents is 1. The molecule has 2 unspecified atom stereocenters. The van der Waals surface area contributed by atoms with Gasteiger partial charge in [0.25, 0.3) is 5.91 Å². The molecule has 2 aromatic carbocycles. The number of piperidine rings is 1. The number of nitrogens with zero attached hydrogens (tertiary/aromatic N) is 1. The molecule has 34 heavy (non-hydrogen) atoms. The Hall–Kier alpha value is -2.84. The molecule has 0 radical (unpaired) electrons. The minimum absolute atomic E-state index is 0.0929. The number of nitrogens with one attached hydrogen (secondary N) is 1. The first-order valence-corrected chi connectivity index (χ1v) is 11.4. The third-order valence-corrected chi connectivity index (χ3v) is 7.25. The molecule has 1 saturated heterocycles. The Morgan fingerprint density at radius 2 is 1.91 bits per heavy atom. The van der Waals surface area contributed by atoms with Crippen molar-refractivity contribution in [3.05, 3.63) is 71.3 Å². The summed E-state index contributed by atoms with van der Waals surface area (Å²) >= 11 is 0. The second-order valence-corrected chi connectivity index (χ2v) is 9.37. The van der Waals surface area contributed by atoms with Crippen molar-refractivity contribution in [3.63, 3.8) is 0 Å². The van der Waals surface area contributed by atoms with Crippen LogP contribution in [0, 0.1) is 5.92 Å². The first kappa shape index (κ1) is 24.3. The Kier molecular flexibility index (Phi) is 6.73. The third-order valence-electron chi connectivity index (χ3n) is 7.25. The topological polar surface area (TPSA) is 72.8 Å². The van der Waals surface area contributed by atoms with Crippen molar-refractivity contribution >= 4 is 12.0 Å². The molecule has 5 nitrogen and oxygen atoms in total. The Morgan fingerprint density at radius 1 is 1.18 bits per heavy atom. The monoisotopic (exact) mass is 474 g/mol. The molecule has 1 amide bonds. The zero-order valence-electron chi connectivity index (χ0n) is 18.9. The van der Waals surface area contributed by atoms with E-state index in [4.69, 9.17) is 0 Å².